The minimum Gasteiger partial charge on any atom is -0.318 e. The second-order valence-electron chi connectivity index (χ2n) is 5.17. The van der Waals surface area contributed by atoms with Crippen molar-refractivity contribution in [2.24, 2.45) is 5.73 Å². The predicted octanol–water partition coefficient (Wildman–Crippen LogP) is 3.65. The predicted molar refractivity (Wildman–Crippen MR) is 88.7 cm³/mol. The topological polar surface area (TPSA) is 56.2 Å². The fourth-order valence-corrected chi connectivity index (χ4v) is 3.22. The van der Waals surface area contributed by atoms with Gasteiger partial charge in [0.05, 0.1) is 23.6 Å². The molecule has 0 aliphatic heterocycles. The Labute approximate surface area is 136 Å². The van der Waals surface area contributed by atoms with E-state index in [1.807, 2.05) is 29.6 Å². The van der Waals surface area contributed by atoms with Crippen molar-refractivity contribution in [3.05, 3.63) is 76.5 Å². The third-order valence-electron chi connectivity index (χ3n) is 3.69. The highest BCUT2D eigenvalue weighted by Crippen LogP contribution is 2.25. The lowest BCUT2D eigenvalue weighted by molar-refractivity contribution is 0.628. The van der Waals surface area contributed by atoms with Gasteiger partial charge in [0.2, 0.25) is 0 Å². The lowest BCUT2D eigenvalue weighted by Gasteiger charge is -2.10. The van der Waals surface area contributed by atoms with Crippen molar-refractivity contribution in [1.82, 2.24) is 14.6 Å². The molecule has 0 aliphatic rings. The monoisotopic (exact) mass is 324 g/mol. The third kappa shape index (κ3) is 2.52. The maximum Gasteiger partial charge on any atom is 0.154 e. The van der Waals surface area contributed by atoms with Crippen molar-refractivity contribution in [3.63, 3.8) is 0 Å². The molecule has 1 unspecified atom stereocenters. The number of aromatic nitrogens is 3. The van der Waals surface area contributed by atoms with Crippen molar-refractivity contribution < 1.29 is 4.39 Å². The molecule has 0 amide bonds. The SMILES string of the molecule is NC(c1ccc2ncc(-c3ccc(F)cc3)n2n1)c1cccs1. The van der Waals surface area contributed by atoms with E-state index in [0.717, 1.165) is 27.5 Å². The van der Waals surface area contributed by atoms with Gasteiger partial charge in [-0.05, 0) is 47.8 Å². The van der Waals surface area contributed by atoms with Crippen molar-refractivity contribution in [2.45, 2.75) is 6.04 Å². The molecule has 0 spiro atoms. The fraction of sp³-hybridized carbons (Fsp3) is 0.0588. The van der Waals surface area contributed by atoms with Crippen LogP contribution in [0.2, 0.25) is 0 Å². The number of rotatable bonds is 3. The minimum absolute atomic E-state index is 0.268. The molecule has 4 aromatic rings. The smallest absolute Gasteiger partial charge is 0.154 e. The molecule has 1 aromatic carbocycles. The van der Waals surface area contributed by atoms with Gasteiger partial charge < -0.3 is 5.73 Å². The van der Waals surface area contributed by atoms with Crippen LogP contribution in [0.3, 0.4) is 0 Å². The first-order valence-corrected chi connectivity index (χ1v) is 8.00. The summed E-state index contributed by atoms with van der Waals surface area (Å²) in [5, 5.41) is 6.63. The van der Waals surface area contributed by atoms with E-state index in [4.69, 9.17) is 5.73 Å². The van der Waals surface area contributed by atoms with Crippen LogP contribution in [0.15, 0.2) is 60.1 Å². The molecule has 6 heteroatoms. The zero-order valence-electron chi connectivity index (χ0n) is 12.1. The lowest BCUT2D eigenvalue weighted by atomic mass is 10.1. The second kappa shape index (κ2) is 5.57. The van der Waals surface area contributed by atoms with Crippen LogP contribution in [-0.4, -0.2) is 14.6 Å². The summed E-state index contributed by atoms with van der Waals surface area (Å²) in [7, 11) is 0. The average molecular weight is 324 g/mol. The molecule has 3 heterocycles. The molecule has 0 radical (unpaired) electrons. The Kier molecular flexibility index (Phi) is 3.40. The molecule has 114 valence electrons. The minimum atomic E-state index is -0.275. The van der Waals surface area contributed by atoms with E-state index in [1.54, 1.807) is 34.2 Å². The van der Waals surface area contributed by atoms with Crippen LogP contribution < -0.4 is 5.73 Å². The van der Waals surface area contributed by atoms with E-state index in [-0.39, 0.29) is 11.9 Å². The molecule has 2 N–H and O–H groups in total. The second-order valence-corrected chi connectivity index (χ2v) is 6.15. The maximum absolute atomic E-state index is 13.1. The zero-order chi connectivity index (χ0) is 15.8. The fourth-order valence-electron chi connectivity index (χ4n) is 2.48. The summed E-state index contributed by atoms with van der Waals surface area (Å²) in [6.45, 7) is 0. The quantitative estimate of drug-likeness (QED) is 0.626. The molecular weight excluding hydrogens is 311 g/mol. The summed E-state index contributed by atoms with van der Waals surface area (Å²) < 4.78 is 14.9. The van der Waals surface area contributed by atoms with Gasteiger partial charge in [-0.3, -0.25) is 0 Å². The highest BCUT2D eigenvalue weighted by Gasteiger charge is 2.14. The van der Waals surface area contributed by atoms with Gasteiger partial charge >= 0.3 is 0 Å². The first kappa shape index (κ1) is 14.0. The van der Waals surface area contributed by atoms with Gasteiger partial charge in [-0.2, -0.15) is 5.10 Å². The molecule has 23 heavy (non-hydrogen) atoms. The van der Waals surface area contributed by atoms with Crippen LogP contribution in [0.5, 0.6) is 0 Å². The number of hydrogen-bond donors (Lipinski definition) is 1. The summed E-state index contributed by atoms with van der Waals surface area (Å²) >= 11 is 1.60. The summed E-state index contributed by atoms with van der Waals surface area (Å²) in [5.74, 6) is -0.268. The van der Waals surface area contributed by atoms with E-state index in [2.05, 4.69) is 10.1 Å². The molecule has 1 atom stereocenters. The highest BCUT2D eigenvalue weighted by molar-refractivity contribution is 7.10. The van der Waals surface area contributed by atoms with Crippen molar-refractivity contribution in [2.75, 3.05) is 0 Å². The van der Waals surface area contributed by atoms with Gasteiger partial charge in [-0.1, -0.05) is 6.07 Å². The highest BCUT2D eigenvalue weighted by atomic mass is 32.1. The van der Waals surface area contributed by atoms with Gasteiger partial charge in [0.25, 0.3) is 0 Å². The van der Waals surface area contributed by atoms with E-state index in [9.17, 15) is 4.39 Å². The number of thiophene rings is 1. The Morgan fingerprint density at radius 2 is 1.91 bits per heavy atom. The number of fused-ring (bicyclic) bond motifs is 1. The number of nitrogens with two attached hydrogens (primary N) is 1. The summed E-state index contributed by atoms with van der Waals surface area (Å²) in [6.07, 6.45) is 1.73. The molecule has 3 aromatic heterocycles. The first-order valence-electron chi connectivity index (χ1n) is 7.12. The molecule has 0 bridgehead atoms. The van der Waals surface area contributed by atoms with Crippen LogP contribution in [0.25, 0.3) is 16.9 Å². The van der Waals surface area contributed by atoms with Crippen LogP contribution >= 0.6 is 11.3 Å². The van der Waals surface area contributed by atoms with Gasteiger partial charge in [-0.25, -0.2) is 13.9 Å². The van der Waals surface area contributed by atoms with Gasteiger partial charge in [-0.15, -0.1) is 11.3 Å². The van der Waals surface area contributed by atoms with Crippen molar-refractivity contribution >= 4 is 17.0 Å². The van der Waals surface area contributed by atoms with E-state index in [1.165, 1.54) is 12.1 Å². The van der Waals surface area contributed by atoms with Crippen LogP contribution in [0.4, 0.5) is 4.39 Å². The Hall–Kier alpha value is -2.57. The van der Waals surface area contributed by atoms with E-state index < -0.39 is 0 Å². The molecular formula is C17H13FN4S. The van der Waals surface area contributed by atoms with E-state index >= 15 is 0 Å². The molecule has 0 aliphatic carbocycles. The van der Waals surface area contributed by atoms with Gasteiger partial charge in [0.15, 0.2) is 5.65 Å². The largest absolute Gasteiger partial charge is 0.318 e. The zero-order valence-corrected chi connectivity index (χ0v) is 12.9. The molecule has 0 fully saturated rings. The van der Waals surface area contributed by atoms with Crippen molar-refractivity contribution in [1.29, 1.82) is 0 Å². The van der Waals surface area contributed by atoms with E-state index in [0.29, 0.717) is 0 Å². The number of hydrogen-bond acceptors (Lipinski definition) is 4. The van der Waals surface area contributed by atoms with Crippen LogP contribution in [0.1, 0.15) is 16.6 Å². The maximum atomic E-state index is 13.1. The first-order chi connectivity index (χ1) is 11.2. The summed E-state index contributed by atoms with van der Waals surface area (Å²) in [4.78, 5) is 5.40. The number of nitrogens with zero attached hydrogens (tertiary/aromatic N) is 3. The van der Waals surface area contributed by atoms with Crippen molar-refractivity contribution in [3.8, 4) is 11.3 Å². The number of benzene rings is 1. The van der Waals surface area contributed by atoms with Crippen LogP contribution in [-0.2, 0) is 0 Å². The summed E-state index contributed by atoms with van der Waals surface area (Å²) in [6, 6.07) is 13.8. The third-order valence-corrected chi connectivity index (χ3v) is 4.65. The van der Waals surface area contributed by atoms with Gasteiger partial charge in [0, 0.05) is 10.4 Å². The average Bonchev–Trinajstić information content (AvgIpc) is 3.24. The van der Waals surface area contributed by atoms with Gasteiger partial charge in [0.1, 0.15) is 5.82 Å². The lowest BCUT2D eigenvalue weighted by Crippen LogP contribution is -2.14. The Balaban J connectivity index is 1.81. The molecule has 0 saturated carbocycles. The Bertz CT molecular complexity index is 945. The normalized spacial score (nSPS) is 12.6. The summed E-state index contributed by atoms with van der Waals surface area (Å²) in [5.41, 5.74) is 9.45. The standard InChI is InChI=1S/C17H13FN4S/c18-12-5-3-11(4-6-12)14-10-20-16-8-7-13(21-22(14)16)17(19)15-2-1-9-23-15/h1-10,17H,19H2. The molecule has 0 saturated heterocycles. The number of halogens is 1. The molecule has 4 rings (SSSR count). The van der Waals surface area contributed by atoms with Crippen LogP contribution in [0, 0.1) is 5.82 Å². The Morgan fingerprint density at radius 3 is 2.65 bits per heavy atom. The molecule has 4 nitrogen and oxygen atoms in total. The Morgan fingerprint density at radius 1 is 1.09 bits per heavy atom. The number of imidazole rings is 1.